The average molecular weight is 281 g/mol. The lowest BCUT2D eigenvalue weighted by molar-refractivity contribution is 0.723. The molecule has 0 saturated heterocycles. The molecule has 0 fully saturated rings. The average Bonchev–Trinajstić information content (AvgIpc) is 2.88. The van der Waals surface area contributed by atoms with Gasteiger partial charge >= 0.3 is 0 Å². The highest BCUT2D eigenvalue weighted by atomic mass is 32.1. The van der Waals surface area contributed by atoms with Gasteiger partial charge in [0.05, 0.1) is 5.39 Å². The molecule has 3 aromatic rings. The second-order valence-electron chi connectivity index (χ2n) is 5.24. The first-order valence-electron chi connectivity index (χ1n) is 6.83. The predicted octanol–water partition coefficient (Wildman–Crippen LogP) is 3.56. The molecule has 4 heteroatoms. The Hall–Kier alpha value is -1.94. The number of hydrogen-bond acceptors (Lipinski definition) is 4. The summed E-state index contributed by atoms with van der Waals surface area (Å²) < 4.78 is 0. The van der Waals surface area contributed by atoms with Crippen molar-refractivity contribution in [1.29, 1.82) is 0 Å². The number of aromatic nitrogens is 2. The fraction of sp³-hybridized carbons (Fsp3) is 0.250. The predicted molar refractivity (Wildman–Crippen MR) is 83.3 cm³/mol. The van der Waals surface area contributed by atoms with Gasteiger partial charge < -0.3 is 4.90 Å². The molecule has 0 amide bonds. The van der Waals surface area contributed by atoms with Crippen LogP contribution in [0.2, 0.25) is 0 Å². The van der Waals surface area contributed by atoms with Crippen molar-refractivity contribution in [2.45, 2.75) is 19.9 Å². The minimum atomic E-state index is 0.942. The number of nitrogens with zero attached hydrogens (tertiary/aromatic N) is 3. The van der Waals surface area contributed by atoms with E-state index in [0.29, 0.717) is 0 Å². The van der Waals surface area contributed by atoms with Crippen LogP contribution in [0.1, 0.15) is 16.7 Å². The van der Waals surface area contributed by atoms with Crippen molar-refractivity contribution in [3.8, 4) is 0 Å². The first kappa shape index (κ1) is 11.9. The van der Waals surface area contributed by atoms with Gasteiger partial charge in [-0.05, 0) is 35.4 Å². The van der Waals surface area contributed by atoms with E-state index < -0.39 is 0 Å². The Bertz CT molecular complexity index is 778. The highest BCUT2D eigenvalue weighted by Gasteiger charge is 2.20. The summed E-state index contributed by atoms with van der Waals surface area (Å²) in [5.74, 6) is 1.09. The fourth-order valence-electron chi connectivity index (χ4n) is 2.91. The first-order chi connectivity index (χ1) is 9.83. The summed E-state index contributed by atoms with van der Waals surface area (Å²) in [5, 5.41) is 3.39. The Balaban J connectivity index is 1.80. The molecular formula is C16H15N3S. The van der Waals surface area contributed by atoms with Gasteiger partial charge in [0.1, 0.15) is 17.0 Å². The molecule has 1 aliphatic heterocycles. The largest absolute Gasteiger partial charge is 0.351 e. The maximum absolute atomic E-state index is 4.56. The molecular weight excluding hydrogens is 266 g/mol. The van der Waals surface area contributed by atoms with Crippen molar-refractivity contribution < 1.29 is 0 Å². The topological polar surface area (TPSA) is 29.0 Å². The normalized spacial score (nSPS) is 14.6. The van der Waals surface area contributed by atoms with Gasteiger partial charge in [-0.25, -0.2) is 9.97 Å². The van der Waals surface area contributed by atoms with Gasteiger partial charge in [-0.3, -0.25) is 0 Å². The van der Waals surface area contributed by atoms with Gasteiger partial charge in [-0.2, -0.15) is 0 Å². The lowest BCUT2D eigenvalue weighted by Gasteiger charge is -2.30. The number of thiophene rings is 1. The van der Waals surface area contributed by atoms with Crippen molar-refractivity contribution >= 4 is 27.4 Å². The van der Waals surface area contributed by atoms with Crippen LogP contribution in [0.5, 0.6) is 0 Å². The van der Waals surface area contributed by atoms with Gasteiger partial charge in [-0.1, -0.05) is 24.3 Å². The highest BCUT2D eigenvalue weighted by molar-refractivity contribution is 7.17. The molecule has 0 aliphatic carbocycles. The Morgan fingerprint density at radius 2 is 2.00 bits per heavy atom. The Morgan fingerprint density at radius 3 is 2.90 bits per heavy atom. The van der Waals surface area contributed by atoms with Gasteiger partial charge in [-0.15, -0.1) is 11.3 Å². The van der Waals surface area contributed by atoms with Crippen LogP contribution in [-0.2, 0) is 13.0 Å². The van der Waals surface area contributed by atoms with Gasteiger partial charge in [0.25, 0.3) is 0 Å². The van der Waals surface area contributed by atoms with E-state index in [1.165, 1.54) is 22.1 Å². The third-order valence-corrected chi connectivity index (χ3v) is 4.97. The highest BCUT2D eigenvalue weighted by Crippen LogP contribution is 2.33. The van der Waals surface area contributed by atoms with Crippen LogP contribution in [0, 0.1) is 6.92 Å². The van der Waals surface area contributed by atoms with Gasteiger partial charge in [0, 0.05) is 13.1 Å². The lowest BCUT2D eigenvalue weighted by Crippen LogP contribution is -2.31. The van der Waals surface area contributed by atoms with Crippen LogP contribution in [0.4, 0.5) is 5.82 Å². The second-order valence-corrected chi connectivity index (χ2v) is 6.09. The zero-order valence-corrected chi connectivity index (χ0v) is 12.2. The van der Waals surface area contributed by atoms with Gasteiger partial charge in [0.15, 0.2) is 0 Å². The molecule has 100 valence electrons. The molecule has 1 aromatic carbocycles. The third kappa shape index (κ3) is 1.79. The van der Waals surface area contributed by atoms with E-state index in [4.69, 9.17) is 0 Å². The molecule has 0 atom stereocenters. The maximum atomic E-state index is 4.56. The van der Waals surface area contributed by atoms with Crippen molar-refractivity contribution in [3.05, 3.63) is 52.7 Å². The summed E-state index contributed by atoms with van der Waals surface area (Å²) >= 11 is 1.70. The number of hydrogen-bond donors (Lipinski definition) is 0. The van der Waals surface area contributed by atoms with E-state index in [2.05, 4.69) is 51.4 Å². The molecule has 1 aliphatic rings. The van der Waals surface area contributed by atoms with Crippen LogP contribution in [0.15, 0.2) is 36.0 Å². The van der Waals surface area contributed by atoms with Crippen molar-refractivity contribution in [2.24, 2.45) is 0 Å². The number of benzene rings is 1. The molecule has 3 heterocycles. The summed E-state index contributed by atoms with van der Waals surface area (Å²) in [5.41, 5.74) is 4.16. The van der Waals surface area contributed by atoms with Gasteiger partial charge in [0.2, 0.25) is 0 Å². The molecule has 0 N–H and O–H groups in total. The second kappa shape index (κ2) is 4.56. The molecule has 0 bridgehead atoms. The van der Waals surface area contributed by atoms with Crippen LogP contribution in [-0.4, -0.2) is 16.5 Å². The molecule has 20 heavy (non-hydrogen) atoms. The van der Waals surface area contributed by atoms with E-state index in [0.717, 1.165) is 30.2 Å². The van der Waals surface area contributed by atoms with E-state index in [1.54, 1.807) is 17.7 Å². The summed E-state index contributed by atoms with van der Waals surface area (Å²) in [7, 11) is 0. The van der Waals surface area contributed by atoms with E-state index in [1.807, 2.05) is 0 Å². The quantitative estimate of drug-likeness (QED) is 0.683. The zero-order valence-electron chi connectivity index (χ0n) is 11.3. The summed E-state index contributed by atoms with van der Waals surface area (Å²) in [4.78, 5) is 12.4. The summed E-state index contributed by atoms with van der Waals surface area (Å²) in [6.45, 7) is 4.11. The van der Waals surface area contributed by atoms with Crippen LogP contribution in [0.25, 0.3) is 10.2 Å². The molecule has 0 spiro atoms. The van der Waals surface area contributed by atoms with Crippen LogP contribution in [0.3, 0.4) is 0 Å². The molecule has 2 aromatic heterocycles. The lowest BCUT2D eigenvalue weighted by atomic mass is 10.00. The Kier molecular flexibility index (Phi) is 2.70. The minimum absolute atomic E-state index is 0.942. The van der Waals surface area contributed by atoms with E-state index >= 15 is 0 Å². The molecule has 0 saturated carbocycles. The number of aryl methyl sites for hydroxylation is 1. The molecule has 0 radical (unpaired) electrons. The van der Waals surface area contributed by atoms with E-state index in [-0.39, 0.29) is 0 Å². The minimum Gasteiger partial charge on any atom is -0.351 e. The molecule has 4 rings (SSSR count). The number of anilines is 1. The van der Waals surface area contributed by atoms with Crippen LogP contribution < -0.4 is 4.90 Å². The van der Waals surface area contributed by atoms with Crippen molar-refractivity contribution in [2.75, 3.05) is 11.4 Å². The number of fused-ring (bicyclic) bond motifs is 2. The SMILES string of the molecule is Cc1csc2ncnc(N3CCc4ccccc4C3)c12. The van der Waals surface area contributed by atoms with Crippen molar-refractivity contribution in [3.63, 3.8) is 0 Å². The third-order valence-electron chi connectivity index (χ3n) is 3.96. The Labute approximate surface area is 121 Å². The monoisotopic (exact) mass is 281 g/mol. The first-order valence-corrected chi connectivity index (χ1v) is 7.71. The summed E-state index contributed by atoms with van der Waals surface area (Å²) in [6.07, 6.45) is 2.78. The smallest absolute Gasteiger partial charge is 0.141 e. The zero-order chi connectivity index (χ0) is 13.5. The van der Waals surface area contributed by atoms with E-state index in [9.17, 15) is 0 Å². The van der Waals surface area contributed by atoms with Crippen LogP contribution >= 0.6 is 11.3 Å². The Morgan fingerprint density at radius 1 is 1.15 bits per heavy atom. The standard InChI is InChI=1S/C16H15N3S/c1-11-9-20-16-14(11)15(17-10-18-16)19-7-6-12-4-2-3-5-13(12)8-19/h2-5,9-10H,6-8H2,1H3. The number of rotatable bonds is 1. The van der Waals surface area contributed by atoms with Crippen molar-refractivity contribution in [1.82, 2.24) is 9.97 Å². The fourth-order valence-corrected chi connectivity index (χ4v) is 3.80. The maximum Gasteiger partial charge on any atom is 0.141 e. The summed E-state index contributed by atoms with van der Waals surface area (Å²) in [6, 6.07) is 8.70. The molecule has 0 unspecified atom stereocenters. The molecule has 3 nitrogen and oxygen atoms in total.